The second-order valence-electron chi connectivity index (χ2n) is 6.58. The first kappa shape index (κ1) is 20.6. The van der Waals surface area contributed by atoms with Crippen LogP contribution in [0.15, 0.2) is 40.9 Å². The Bertz CT molecular complexity index is 780. The van der Waals surface area contributed by atoms with Crippen LogP contribution in [0.5, 0.6) is 11.5 Å². The van der Waals surface area contributed by atoms with Crippen molar-refractivity contribution in [2.45, 2.75) is 13.1 Å². The molecule has 1 saturated heterocycles. The number of hydrogen-bond donors (Lipinski definition) is 1. The average Bonchev–Trinajstić information content (AvgIpc) is 2.74. The van der Waals surface area contributed by atoms with E-state index in [1.54, 1.807) is 26.4 Å². The summed E-state index contributed by atoms with van der Waals surface area (Å²) in [5, 5.41) is 2.95. The van der Waals surface area contributed by atoms with Crippen molar-refractivity contribution in [2.24, 2.45) is 0 Å². The highest BCUT2D eigenvalue weighted by molar-refractivity contribution is 9.10. The van der Waals surface area contributed by atoms with Gasteiger partial charge < -0.3 is 19.5 Å². The van der Waals surface area contributed by atoms with E-state index in [1.807, 2.05) is 0 Å². The molecule has 28 heavy (non-hydrogen) atoms. The lowest BCUT2D eigenvalue weighted by Crippen LogP contribution is -2.35. The van der Waals surface area contributed by atoms with Crippen LogP contribution in [0.1, 0.15) is 21.5 Å². The number of carbonyl (C=O) groups excluding carboxylic acids is 1. The van der Waals surface area contributed by atoms with Crippen LogP contribution in [0.25, 0.3) is 0 Å². The third-order valence-electron chi connectivity index (χ3n) is 4.69. The van der Waals surface area contributed by atoms with E-state index in [2.05, 4.69) is 50.4 Å². The van der Waals surface area contributed by atoms with Gasteiger partial charge in [-0.15, -0.1) is 0 Å². The maximum atomic E-state index is 12.5. The molecule has 2 aromatic rings. The molecule has 2 aromatic carbocycles. The normalized spacial score (nSPS) is 14.5. The predicted octanol–water partition coefficient (Wildman–Crippen LogP) is 3.23. The minimum atomic E-state index is -0.179. The number of carbonyl (C=O) groups is 1. The summed E-state index contributed by atoms with van der Waals surface area (Å²) in [5.41, 5.74) is 2.80. The Morgan fingerprint density at radius 3 is 2.21 bits per heavy atom. The zero-order valence-corrected chi connectivity index (χ0v) is 17.8. The van der Waals surface area contributed by atoms with Gasteiger partial charge in [-0.1, -0.05) is 24.3 Å². The van der Waals surface area contributed by atoms with E-state index in [0.717, 1.165) is 38.4 Å². The minimum absolute atomic E-state index is 0.179. The van der Waals surface area contributed by atoms with Gasteiger partial charge in [0.25, 0.3) is 5.91 Å². The fourth-order valence-corrected chi connectivity index (χ4v) is 3.62. The zero-order valence-electron chi connectivity index (χ0n) is 16.2. The molecule has 1 heterocycles. The molecule has 0 atom stereocenters. The number of benzene rings is 2. The summed E-state index contributed by atoms with van der Waals surface area (Å²) in [6.07, 6.45) is 0. The SMILES string of the molecule is COc1cc(C(=O)NCc2ccc(CN3CCOCC3)cc2)cc(OC)c1Br. The number of halogens is 1. The van der Waals surface area contributed by atoms with E-state index >= 15 is 0 Å². The van der Waals surface area contributed by atoms with Crippen molar-refractivity contribution in [2.75, 3.05) is 40.5 Å². The van der Waals surface area contributed by atoms with Crippen molar-refractivity contribution in [1.29, 1.82) is 0 Å². The smallest absolute Gasteiger partial charge is 0.251 e. The summed E-state index contributed by atoms with van der Waals surface area (Å²) in [4.78, 5) is 14.9. The van der Waals surface area contributed by atoms with Gasteiger partial charge in [-0.05, 0) is 39.2 Å². The van der Waals surface area contributed by atoms with Crippen molar-refractivity contribution in [3.63, 3.8) is 0 Å². The first-order valence-corrected chi connectivity index (χ1v) is 9.97. The van der Waals surface area contributed by atoms with Crippen molar-refractivity contribution >= 4 is 21.8 Å². The number of ether oxygens (including phenoxy) is 3. The van der Waals surface area contributed by atoms with Crippen molar-refractivity contribution in [3.05, 3.63) is 57.6 Å². The first-order chi connectivity index (χ1) is 13.6. The minimum Gasteiger partial charge on any atom is -0.495 e. The van der Waals surface area contributed by atoms with Crippen LogP contribution < -0.4 is 14.8 Å². The van der Waals surface area contributed by atoms with Crippen LogP contribution in [0, 0.1) is 0 Å². The van der Waals surface area contributed by atoms with E-state index in [9.17, 15) is 4.79 Å². The van der Waals surface area contributed by atoms with Gasteiger partial charge in [0.2, 0.25) is 0 Å². The molecule has 0 spiro atoms. The van der Waals surface area contributed by atoms with E-state index in [-0.39, 0.29) is 5.91 Å². The number of hydrogen-bond acceptors (Lipinski definition) is 5. The molecule has 7 heteroatoms. The van der Waals surface area contributed by atoms with Gasteiger partial charge >= 0.3 is 0 Å². The van der Waals surface area contributed by atoms with E-state index in [1.165, 1.54) is 5.56 Å². The van der Waals surface area contributed by atoms with Crippen molar-refractivity contribution < 1.29 is 19.0 Å². The van der Waals surface area contributed by atoms with Gasteiger partial charge in [-0.25, -0.2) is 0 Å². The van der Waals surface area contributed by atoms with Gasteiger partial charge in [-0.3, -0.25) is 9.69 Å². The number of nitrogens with one attached hydrogen (secondary N) is 1. The molecule has 0 saturated carbocycles. The van der Waals surface area contributed by atoms with Crippen LogP contribution in [0.3, 0.4) is 0 Å². The third-order valence-corrected chi connectivity index (χ3v) is 5.48. The van der Waals surface area contributed by atoms with Gasteiger partial charge in [0.1, 0.15) is 16.0 Å². The molecule has 1 aliphatic heterocycles. The Morgan fingerprint density at radius 1 is 1.07 bits per heavy atom. The highest BCUT2D eigenvalue weighted by Gasteiger charge is 2.15. The lowest BCUT2D eigenvalue weighted by atomic mass is 10.1. The Labute approximate surface area is 173 Å². The molecular formula is C21H25BrN2O4. The first-order valence-electron chi connectivity index (χ1n) is 9.18. The Morgan fingerprint density at radius 2 is 1.64 bits per heavy atom. The molecule has 3 rings (SSSR count). The summed E-state index contributed by atoms with van der Waals surface area (Å²) < 4.78 is 16.7. The van der Waals surface area contributed by atoms with Crippen LogP contribution >= 0.6 is 15.9 Å². The summed E-state index contributed by atoms with van der Waals surface area (Å²) in [6.45, 7) is 4.92. The molecule has 6 nitrogen and oxygen atoms in total. The molecule has 0 aromatic heterocycles. The van der Waals surface area contributed by atoms with E-state index < -0.39 is 0 Å². The summed E-state index contributed by atoms with van der Waals surface area (Å²) in [5.74, 6) is 0.926. The molecular weight excluding hydrogens is 424 g/mol. The van der Waals surface area contributed by atoms with Crippen LogP contribution in [-0.2, 0) is 17.8 Å². The maximum Gasteiger partial charge on any atom is 0.251 e. The maximum absolute atomic E-state index is 12.5. The fraction of sp³-hybridized carbons (Fsp3) is 0.381. The molecule has 1 fully saturated rings. The molecule has 1 aliphatic rings. The molecule has 150 valence electrons. The number of nitrogens with zero attached hydrogens (tertiary/aromatic N) is 1. The Kier molecular flexibility index (Phi) is 7.30. The summed E-state index contributed by atoms with van der Waals surface area (Å²) in [7, 11) is 3.11. The topological polar surface area (TPSA) is 60.0 Å². The summed E-state index contributed by atoms with van der Waals surface area (Å²) >= 11 is 3.41. The number of amides is 1. The molecule has 0 bridgehead atoms. The standard InChI is InChI=1S/C21H25BrN2O4/c1-26-18-11-17(12-19(27-2)20(18)22)21(25)23-13-15-3-5-16(6-4-15)14-24-7-9-28-10-8-24/h3-6,11-12H,7-10,13-14H2,1-2H3,(H,23,25). The summed E-state index contributed by atoms with van der Waals surface area (Å²) in [6, 6.07) is 11.7. The second-order valence-corrected chi connectivity index (χ2v) is 7.38. The Balaban J connectivity index is 1.58. The zero-order chi connectivity index (χ0) is 19.9. The number of methoxy groups -OCH3 is 2. The third kappa shape index (κ3) is 5.25. The molecule has 0 radical (unpaired) electrons. The predicted molar refractivity (Wildman–Crippen MR) is 111 cm³/mol. The highest BCUT2D eigenvalue weighted by atomic mass is 79.9. The lowest BCUT2D eigenvalue weighted by molar-refractivity contribution is 0.0342. The highest BCUT2D eigenvalue weighted by Crippen LogP contribution is 2.35. The lowest BCUT2D eigenvalue weighted by Gasteiger charge is -2.26. The van der Waals surface area contributed by atoms with Gasteiger partial charge in [-0.2, -0.15) is 0 Å². The van der Waals surface area contributed by atoms with Crippen LogP contribution in [-0.4, -0.2) is 51.3 Å². The molecule has 1 N–H and O–H groups in total. The second kappa shape index (κ2) is 9.91. The van der Waals surface area contributed by atoms with Crippen LogP contribution in [0.2, 0.25) is 0 Å². The van der Waals surface area contributed by atoms with Gasteiger partial charge in [0.05, 0.1) is 27.4 Å². The fourth-order valence-electron chi connectivity index (χ4n) is 3.06. The van der Waals surface area contributed by atoms with E-state index in [0.29, 0.717) is 28.1 Å². The van der Waals surface area contributed by atoms with Gasteiger partial charge in [0, 0.05) is 31.7 Å². The van der Waals surface area contributed by atoms with Crippen LogP contribution in [0.4, 0.5) is 0 Å². The Hall–Kier alpha value is -2.09. The molecule has 1 amide bonds. The quantitative estimate of drug-likeness (QED) is 0.704. The van der Waals surface area contributed by atoms with Crippen molar-refractivity contribution in [1.82, 2.24) is 10.2 Å². The average molecular weight is 449 g/mol. The molecule has 0 unspecified atom stereocenters. The number of morpholine rings is 1. The number of rotatable bonds is 7. The van der Waals surface area contributed by atoms with Gasteiger partial charge in [0.15, 0.2) is 0 Å². The van der Waals surface area contributed by atoms with Crippen molar-refractivity contribution in [3.8, 4) is 11.5 Å². The van der Waals surface area contributed by atoms with E-state index in [4.69, 9.17) is 14.2 Å². The monoisotopic (exact) mass is 448 g/mol. The molecule has 0 aliphatic carbocycles. The largest absolute Gasteiger partial charge is 0.495 e.